The van der Waals surface area contributed by atoms with E-state index in [1.807, 2.05) is 6.92 Å². The van der Waals surface area contributed by atoms with Crippen molar-refractivity contribution in [3.63, 3.8) is 0 Å². The third-order valence-corrected chi connectivity index (χ3v) is 6.36. The Morgan fingerprint density at radius 1 is 1.35 bits per heavy atom. The summed E-state index contributed by atoms with van der Waals surface area (Å²) in [6.07, 6.45) is 4.48. The number of rotatable bonds is 7. The van der Waals surface area contributed by atoms with Gasteiger partial charge in [0, 0.05) is 44.6 Å². The lowest BCUT2D eigenvalue weighted by Gasteiger charge is -2.36. The Kier molecular flexibility index (Phi) is 7.75. The maximum absolute atomic E-state index is 13.4. The van der Waals surface area contributed by atoms with Gasteiger partial charge in [-0.2, -0.15) is 10.4 Å². The van der Waals surface area contributed by atoms with Gasteiger partial charge in [-0.3, -0.25) is 19.2 Å². The van der Waals surface area contributed by atoms with Crippen LogP contribution in [0.2, 0.25) is 0 Å². The zero-order valence-electron chi connectivity index (χ0n) is 21.6. The van der Waals surface area contributed by atoms with E-state index in [4.69, 9.17) is 23.7 Å². The Morgan fingerprint density at radius 3 is 2.76 bits per heavy atom. The number of nitrogens with zero attached hydrogens (tertiary/aromatic N) is 6. The highest BCUT2D eigenvalue weighted by atomic mass is 16.7. The highest BCUT2D eigenvalue weighted by Gasteiger charge is 2.39. The quantitative estimate of drug-likeness (QED) is 0.436. The number of carbonyl (C=O) groups is 2. The Labute approximate surface area is 214 Å². The summed E-state index contributed by atoms with van der Waals surface area (Å²) in [5, 5.41) is 15.0. The number of hydrogen-bond acceptors (Lipinski definition) is 9. The Balaban J connectivity index is 2.00. The molecule has 2 amide bonds. The van der Waals surface area contributed by atoms with Gasteiger partial charge in [-0.15, -0.1) is 0 Å². The molecule has 0 radical (unpaired) electrons. The van der Waals surface area contributed by atoms with Crippen LogP contribution in [0, 0.1) is 11.3 Å². The van der Waals surface area contributed by atoms with Gasteiger partial charge in [-0.1, -0.05) is 6.92 Å². The van der Waals surface area contributed by atoms with E-state index in [0.29, 0.717) is 30.7 Å². The molecule has 3 aromatic rings. The van der Waals surface area contributed by atoms with Gasteiger partial charge in [0.25, 0.3) is 0 Å². The maximum Gasteiger partial charge on any atom is 0.414 e. The van der Waals surface area contributed by atoms with Crippen molar-refractivity contribution in [2.75, 3.05) is 32.3 Å². The molecule has 3 aromatic heterocycles. The number of anilines is 1. The first-order valence-electron chi connectivity index (χ1n) is 12.1. The summed E-state index contributed by atoms with van der Waals surface area (Å²) < 4.78 is 18.9. The molecular formula is C25H30N6O6. The summed E-state index contributed by atoms with van der Waals surface area (Å²) in [5.41, 5.74) is 1.79. The van der Waals surface area contributed by atoms with Gasteiger partial charge in [-0.05, 0) is 26.2 Å². The minimum Gasteiger partial charge on any atom is -0.449 e. The lowest BCUT2D eigenvalue weighted by molar-refractivity contribution is -0.0772. The summed E-state index contributed by atoms with van der Waals surface area (Å²) in [4.78, 5) is 38.1. The summed E-state index contributed by atoms with van der Waals surface area (Å²) in [7, 11) is 4.54. The number of aromatic nitrogens is 3. The monoisotopic (exact) mass is 510 g/mol. The highest BCUT2D eigenvalue weighted by molar-refractivity contribution is 6.10. The summed E-state index contributed by atoms with van der Waals surface area (Å²) in [6.45, 7) is 4.32. The van der Waals surface area contributed by atoms with E-state index >= 15 is 0 Å². The average molecular weight is 511 g/mol. The molecule has 0 bridgehead atoms. The molecule has 1 fully saturated rings. The molecule has 1 saturated heterocycles. The predicted molar refractivity (Wildman–Crippen MR) is 133 cm³/mol. The molecule has 0 aliphatic carbocycles. The van der Waals surface area contributed by atoms with Gasteiger partial charge >= 0.3 is 12.0 Å². The lowest BCUT2D eigenvalue weighted by atomic mass is 9.99. The van der Waals surface area contributed by atoms with E-state index in [1.165, 1.54) is 25.1 Å². The average Bonchev–Trinajstić information content (AvgIpc) is 3.50. The van der Waals surface area contributed by atoms with Crippen LogP contribution < -0.4 is 4.90 Å². The molecule has 0 aromatic carbocycles. The Morgan fingerprint density at radius 2 is 2.14 bits per heavy atom. The largest absolute Gasteiger partial charge is 0.449 e. The number of pyridine rings is 1. The van der Waals surface area contributed by atoms with Crippen LogP contribution in [-0.2, 0) is 21.4 Å². The second kappa shape index (κ2) is 11.0. The topological polar surface area (TPSA) is 136 Å². The van der Waals surface area contributed by atoms with Gasteiger partial charge in [0.2, 0.25) is 5.76 Å². The van der Waals surface area contributed by atoms with E-state index in [1.54, 1.807) is 31.0 Å². The zero-order chi connectivity index (χ0) is 26.7. The molecule has 4 rings (SSSR count). The van der Waals surface area contributed by atoms with Crippen molar-refractivity contribution in [2.45, 2.75) is 45.3 Å². The number of hydrogen-bond donors (Lipinski definition) is 0. The molecule has 0 spiro atoms. The first kappa shape index (κ1) is 26.1. The molecule has 0 saturated carbocycles. The normalized spacial score (nSPS) is 17.4. The molecule has 1 aliphatic rings. The molecule has 1 aliphatic heterocycles. The van der Waals surface area contributed by atoms with Gasteiger partial charge in [0.1, 0.15) is 17.3 Å². The molecule has 196 valence electrons. The first-order chi connectivity index (χ1) is 17.8. The minimum atomic E-state index is -0.629. The molecule has 12 nitrogen and oxygen atoms in total. The predicted octanol–water partition coefficient (Wildman–Crippen LogP) is 3.65. The number of hydroxylamine groups is 2. The Hall–Kier alpha value is -3.95. The van der Waals surface area contributed by atoms with Crippen molar-refractivity contribution >= 4 is 28.8 Å². The van der Waals surface area contributed by atoms with E-state index < -0.39 is 12.0 Å². The van der Waals surface area contributed by atoms with Crippen LogP contribution in [0.1, 0.15) is 49.2 Å². The smallest absolute Gasteiger partial charge is 0.414 e. The molecule has 4 heterocycles. The van der Waals surface area contributed by atoms with Crippen molar-refractivity contribution in [1.29, 1.82) is 5.26 Å². The van der Waals surface area contributed by atoms with E-state index in [9.17, 15) is 14.9 Å². The number of carbonyl (C=O) groups excluding carboxylic acids is 2. The molecule has 0 N–H and O–H groups in total. The Bertz CT molecular complexity index is 1340. The lowest BCUT2D eigenvalue weighted by Crippen LogP contribution is -2.47. The van der Waals surface area contributed by atoms with Gasteiger partial charge in [0.05, 0.1) is 37.3 Å². The second-order valence-corrected chi connectivity index (χ2v) is 8.66. The number of fused-ring (bicyclic) bond motifs is 1. The van der Waals surface area contributed by atoms with Crippen molar-refractivity contribution < 1.29 is 28.3 Å². The maximum atomic E-state index is 13.4. The number of aryl methyl sites for hydroxylation is 1. The summed E-state index contributed by atoms with van der Waals surface area (Å²) >= 11 is 0. The van der Waals surface area contributed by atoms with Crippen molar-refractivity contribution in [1.82, 2.24) is 19.8 Å². The number of nitriles is 1. The third-order valence-electron chi connectivity index (χ3n) is 6.36. The van der Waals surface area contributed by atoms with Crippen molar-refractivity contribution in [3.8, 4) is 17.3 Å². The van der Waals surface area contributed by atoms with Crippen LogP contribution in [-0.4, -0.2) is 71.3 Å². The number of ether oxygens (including phenoxy) is 2. The van der Waals surface area contributed by atoms with Gasteiger partial charge in [-0.25, -0.2) is 14.8 Å². The molecule has 2 atom stereocenters. The number of amides is 2. The first-order valence-corrected chi connectivity index (χ1v) is 12.1. The third kappa shape index (κ3) is 5.00. The van der Waals surface area contributed by atoms with Gasteiger partial charge in [0.15, 0.2) is 5.58 Å². The minimum absolute atomic E-state index is 0.0567. The van der Waals surface area contributed by atoms with Crippen LogP contribution in [0.25, 0.3) is 22.4 Å². The second-order valence-electron chi connectivity index (χ2n) is 8.66. The number of furan rings is 1. The van der Waals surface area contributed by atoms with Crippen LogP contribution >= 0.6 is 0 Å². The summed E-state index contributed by atoms with van der Waals surface area (Å²) in [6, 6.07) is 3.31. The standard InChI is InChI=1S/C25H30N6O6/c1-6-18-11-17(8-9-36-18)31(25(33)35-7-2)22-21-19(37-23(22)24(32)30(4)34-5)10-15(12-26)20(28-21)16-13-27-29(3)14-16/h10,13-14,17-18H,6-9,11H2,1-5H3. The molecule has 37 heavy (non-hydrogen) atoms. The molecule has 12 heteroatoms. The summed E-state index contributed by atoms with van der Waals surface area (Å²) in [5.74, 6) is -0.767. The fourth-order valence-electron chi connectivity index (χ4n) is 4.45. The van der Waals surface area contributed by atoms with Gasteiger partial charge < -0.3 is 13.9 Å². The molecule has 2 unspecified atom stereocenters. The fourth-order valence-corrected chi connectivity index (χ4v) is 4.45. The van der Waals surface area contributed by atoms with Crippen LogP contribution in [0.5, 0.6) is 0 Å². The van der Waals surface area contributed by atoms with Crippen molar-refractivity contribution in [3.05, 3.63) is 29.8 Å². The van der Waals surface area contributed by atoms with E-state index in [0.717, 1.165) is 11.5 Å². The fraction of sp³-hybridized carbons (Fsp3) is 0.480. The SMILES string of the molecule is CCOC(=O)N(c1c(C(=O)N(C)OC)oc2cc(C#N)c(-c3cnn(C)c3)nc12)C1CCOC(CC)C1. The van der Waals surface area contributed by atoms with Crippen molar-refractivity contribution in [2.24, 2.45) is 7.05 Å². The zero-order valence-corrected chi connectivity index (χ0v) is 21.6. The highest BCUT2D eigenvalue weighted by Crippen LogP contribution is 2.39. The van der Waals surface area contributed by atoms with E-state index in [2.05, 4.69) is 11.2 Å². The van der Waals surface area contributed by atoms with Crippen LogP contribution in [0.15, 0.2) is 22.9 Å². The van der Waals surface area contributed by atoms with Crippen LogP contribution in [0.3, 0.4) is 0 Å². The molecular weight excluding hydrogens is 480 g/mol. The van der Waals surface area contributed by atoms with E-state index in [-0.39, 0.29) is 46.9 Å². The van der Waals surface area contributed by atoms with Crippen LogP contribution in [0.4, 0.5) is 10.5 Å².